The number of nitrogens with one attached hydrogen (secondary N) is 2. The van der Waals surface area contributed by atoms with Crippen LogP contribution >= 0.6 is 47.0 Å². The van der Waals surface area contributed by atoms with Crippen LogP contribution in [0.15, 0.2) is 59.1 Å². The predicted molar refractivity (Wildman–Crippen MR) is 122 cm³/mol. The Kier molecular flexibility index (Phi) is 5.87. The first-order valence-corrected chi connectivity index (χ1v) is 10.0. The Labute approximate surface area is 191 Å². The molecule has 0 spiro atoms. The number of oxazole rings is 1. The van der Waals surface area contributed by atoms with Crippen molar-refractivity contribution in [1.82, 2.24) is 15.3 Å². The zero-order chi connectivity index (χ0) is 21.3. The molecule has 0 fully saturated rings. The average molecular weight is 478 g/mol. The van der Waals surface area contributed by atoms with Gasteiger partial charge in [0.2, 0.25) is 5.89 Å². The number of pyridine rings is 1. The number of thiocarbonyl (C=S) groups is 1. The summed E-state index contributed by atoms with van der Waals surface area (Å²) in [7, 11) is 0. The quantitative estimate of drug-likeness (QED) is 0.354. The summed E-state index contributed by atoms with van der Waals surface area (Å²) in [6.07, 6.45) is 1.64. The number of carbonyl (C=O) groups excluding carboxylic acids is 1. The maximum Gasteiger partial charge on any atom is 0.258 e. The molecule has 0 aliphatic heterocycles. The van der Waals surface area contributed by atoms with E-state index in [-0.39, 0.29) is 15.7 Å². The van der Waals surface area contributed by atoms with E-state index in [2.05, 4.69) is 20.6 Å². The third-order valence-electron chi connectivity index (χ3n) is 4.03. The van der Waals surface area contributed by atoms with Crippen molar-refractivity contribution in [3.05, 3.63) is 75.4 Å². The molecule has 2 aromatic heterocycles. The number of aromatic nitrogens is 2. The minimum Gasteiger partial charge on any atom is -0.434 e. The van der Waals surface area contributed by atoms with Crippen LogP contribution in [0.25, 0.3) is 22.7 Å². The zero-order valence-electron chi connectivity index (χ0n) is 14.9. The van der Waals surface area contributed by atoms with Crippen LogP contribution in [0.4, 0.5) is 5.69 Å². The molecule has 10 heteroatoms. The van der Waals surface area contributed by atoms with Crippen LogP contribution in [0.1, 0.15) is 10.4 Å². The summed E-state index contributed by atoms with van der Waals surface area (Å²) in [5.41, 5.74) is 2.44. The zero-order valence-corrected chi connectivity index (χ0v) is 18.0. The van der Waals surface area contributed by atoms with Crippen molar-refractivity contribution < 1.29 is 9.21 Å². The predicted octanol–water partition coefficient (Wildman–Crippen LogP) is 5.98. The molecule has 0 bridgehead atoms. The third kappa shape index (κ3) is 4.39. The number of hydrogen-bond donors (Lipinski definition) is 2. The van der Waals surface area contributed by atoms with E-state index >= 15 is 0 Å². The molecule has 0 aliphatic rings. The maximum atomic E-state index is 12.4. The van der Waals surface area contributed by atoms with Crippen molar-refractivity contribution >= 4 is 75.0 Å². The molecule has 0 atom stereocenters. The molecule has 1 amide bonds. The smallest absolute Gasteiger partial charge is 0.258 e. The summed E-state index contributed by atoms with van der Waals surface area (Å²) in [5, 5.41) is 6.54. The van der Waals surface area contributed by atoms with Gasteiger partial charge in [0.25, 0.3) is 5.91 Å². The number of anilines is 1. The second kappa shape index (κ2) is 8.57. The van der Waals surface area contributed by atoms with Crippen LogP contribution in [0.5, 0.6) is 0 Å². The van der Waals surface area contributed by atoms with E-state index in [1.807, 2.05) is 0 Å². The summed E-state index contributed by atoms with van der Waals surface area (Å²) < 4.78 is 5.73. The number of benzene rings is 2. The van der Waals surface area contributed by atoms with Gasteiger partial charge in [0.05, 0.1) is 21.3 Å². The highest BCUT2D eigenvalue weighted by molar-refractivity contribution is 7.80. The summed E-state index contributed by atoms with van der Waals surface area (Å²) in [4.78, 5) is 20.9. The van der Waals surface area contributed by atoms with Gasteiger partial charge in [-0.15, -0.1) is 0 Å². The van der Waals surface area contributed by atoms with E-state index < -0.39 is 5.91 Å². The van der Waals surface area contributed by atoms with Gasteiger partial charge in [-0.3, -0.25) is 10.1 Å². The second-order valence-electron chi connectivity index (χ2n) is 6.07. The van der Waals surface area contributed by atoms with Crippen LogP contribution in [-0.2, 0) is 0 Å². The molecule has 6 nitrogen and oxygen atoms in total. The molecule has 150 valence electrons. The number of amides is 1. The first-order valence-electron chi connectivity index (χ1n) is 8.49. The Bertz CT molecular complexity index is 1260. The molecular formula is C20H11Cl3N4O2S. The molecule has 0 radical (unpaired) electrons. The van der Waals surface area contributed by atoms with Gasteiger partial charge < -0.3 is 9.73 Å². The fourth-order valence-electron chi connectivity index (χ4n) is 2.64. The van der Waals surface area contributed by atoms with E-state index in [0.717, 1.165) is 0 Å². The van der Waals surface area contributed by atoms with Crippen LogP contribution in [0, 0.1) is 0 Å². The number of halogens is 3. The first kappa shape index (κ1) is 20.6. The lowest BCUT2D eigenvalue weighted by molar-refractivity contribution is 0.0978. The van der Waals surface area contributed by atoms with Gasteiger partial charge in [-0.05, 0) is 60.7 Å². The Balaban J connectivity index is 1.53. The van der Waals surface area contributed by atoms with E-state index in [4.69, 9.17) is 51.4 Å². The fourth-order valence-corrected chi connectivity index (χ4v) is 3.51. The fraction of sp³-hybridized carbons (Fsp3) is 0. The summed E-state index contributed by atoms with van der Waals surface area (Å²) >= 11 is 23.4. The van der Waals surface area contributed by atoms with Crippen molar-refractivity contribution in [1.29, 1.82) is 0 Å². The number of carbonyl (C=O) groups is 1. The Hall–Kier alpha value is -2.71. The van der Waals surface area contributed by atoms with Crippen LogP contribution < -0.4 is 10.6 Å². The maximum absolute atomic E-state index is 12.4. The molecule has 2 aromatic carbocycles. The van der Waals surface area contributed by atoms with Gasteiger partial charge in [0.1, 0.15) is 0 Å². The van der Waals surface area contributed by atoms with Gasteiger partial charge in [-0.1, -0.05) is 34.8 Å². The summed E-state index contributed by atoms with van der Waals surface area (Å²) in [5.74, 6) is -0.0993. The lowest BCUT2D eigenvalue weighted by Gasteiger charge is -2.12. The molecule has 4 rings (SSSR count). The highest BCUT2D eigenvalue weighted by atomic mass is 35.5. The summed E-state index contributed by atoms with van der Waals surface area (Å²) in [6.45, 7) is 0. The van der Waals surface area contributed by atoms with Crippen molar-refractivity contribution in [2.24, 2.45) is 0 Å². The number of hydrogen-bond acceptors (Lipinski definition) is 5. The van der Waals surface area contributed by atoms with Gasteiger partial charge >= 0.3 is 0 Å². The van der Waals surface area contributed by atoms with Gasteiger partial charge in [-0.2, -0.15) is 4.98 Å². The van der Waals surface area contributed by atoms with Crippen molar-refractivity contribution in [2.45, 2.75) is 0 Å². The van der Waals surface area contributed by atoms with Gasteiger partial charge in [0.15, 0.2) is 16.3 Å². The number of fused-ring (bicyclic) bond motifs is 1. The van der Waals surface area contributed by atoms with E-state index in [9.17, 15) is 4.79 Å². The molecule has 0 saturated carbocycles. The average Bonchev–Trinajstić information content (AvgIpc) is 3.13. The molecule has 30 heavy (non-hydrogen) atoms. The molecular weight excluding hydrogens is 467 g/mol. The summed E-state index contributed by atoms with van der Waals surface area (Å²) in [6, 6.07) is 13.2. The molecule has 2 heterocycles. The Morgan fingerprint density at radius 1 is 1.03 bits per heavy atom. The van der Waals surface area contributed by atoms with Crippen molar-refractivity contribution in [3.8, 4) is 11.5 Å². The molecule has 2 N–H and O–H groups in total. The van der Waals surface area contributed by atoms with Crippen LogP contribution in [0.3, 0.4) is 0 Å². The third-order valence-corrected chi connectivity index (χ3v) is 5.11. The highest BCUT2D eigenvalue weighted by Gasteiger charge is 2.15. The molecule has 0 saturated heterocycles. The van der Waals surface area contributed by atoms with Crippen molar-refractivity contribution in [3.63, 3.8) is 0 Å². The van der Waals surface area contributed by atoms with Crippen LogP contribution in [-0.4, -0.2) is 21.0 Å². The first-order chi connectivity index (χ1) is 14.4. The largest absolute Gasteiger partial charge is 0.434 e. The number of rotatable bonds is 3. The van der Waals surface area contributed by atoms with E-state index in [1.165, 1.54) is 12.1 Å². The van der Waals surface area contributed by atoms with E-state index in [0.29, 0.717) is 38.4 Å². The standard InChI is InChI=1S/C20H11Cl3N4O2S/c21-11-4-5-12(14(23)9-11)18(28)27-20(30)25-15-8-10(3-6-13(15)22)19-26-17-16(29-19)2-1-7-24-17/h1-9H,(H2,25,27,28,30). The van der Waals surface area contributed by atoms with Crippen LogP contribution in [0.2, 0.25) is 15.1 Å². The lowest BCUT2D eigenvalue weighted by Crippen LogP contribution is -2.34. The van der Waals surface area contributed by atoms with E-state index in [1.54, 1.807) is 42.6 Å². The minimum atomic E-state index is -0.480. The second-order valence-corrected chi connectivity index (χ2v) is 7.73. The number of nitrogens with zero attached hydrogens (tertiary/aromatic N) is 2. The Morgan fingerprint density at radius 2 is 1.87 bits per heavy atom. The monoisotopic (exact) mass is 476 g/mol. The van der Waals surface area contributed by atoms with Crippen molar-refractivity contribution in [2.75, 3.05) is 5.32 Å². The molecule has 0 aliphatic carbocycles. The highest BCUT2D eigenvalue weighted by Crippen LogP contribution is 2.30. The van der Waals surface area contributed by atoms with Gasteiger partial charge in [0, 0.05) is 16.8 Å². The normalized spacial score (nSPS) is 10.8. The lowest BCUT2D eigenvalue weighted by atomic mass is 10.2. The minimum absolute atomic E-state index is 0.0456. The molecule has 0 unspecified atom stereocenters. The SMILES string of the molecule is O=C(NC(=S)Nc1cc(-c2nc3ncccc3o2)ccc1Cl)c1ccc(Cl)cc1Cl. The van der Waals surface area contributed by atoms with Gasteiger partial charge in [-0.25, -0.2) is 4.98 Å². The Morgan fingerprint density at radius 3 is 2.63 bits per heavy atom. The topological polar surface area (TPSA) is 80.0 Å². The molecule has 4 aromatic rings.